The Morgan fingerprint density at radius 1 is 1.27 bits per heavy atom. The van der Waals surface area contributed by atoms with Crippen molar-refractivity contribution in [2.75, 3.05) is 31.4 Å². The predicted octanol–water partition coefficient (Wildman–Crippen LogP) is 2.95. The molecule has 11 heteroatoms. The van der Waals surface area contributed by atoms with E-state index in [2.05, 4.69) is 15.3 Å². The number of carbonyl (C=O) groups excluding carboxylic acids is 2. The first kappa shape index (κ1) is 22.6. The second-order valence-electron chi connectivity index (χ2n) is 6.99. The van der Waals surface area contributed by atoms with Crippen LogP contribution in [0.1, 0.15) is 39.4 Å². The van der Waals surface area contributed by atoms with Crippen molar-refractivity contribution in [3.63, 3.8) is 0 Å². The molecule has 2 aromatic rings. The highest BCUT2D eigenvalue weighted by atomic mass is 35.5. The lowest BCUT2D eigenvalue weighted by Crippen LogP contribution is -2.45. The van der Waals surface area contributed by atoms with E-state index in [9.17, 15) is 13.8 Å². The second kappa shape index (κ2) is 9.36. The SMILES string of the molecule is COC(=O)c1cc(N2CCC(NC(=O)c3[nH]c(C)c(Cl)c3Cl)CC2)nc(S(C)=O)c1. The maximum atomic E-state index is 12.5. The van der Waals surface area contributed by atoms with Gasteiger partial charge in [0, 0.05) is 31.1 Å². The molecule has 1 saturated heterocycles. The van der Waals surface area contributed by atoms with Gasteiger partial charge in [-0.2, -0.15) is 0 Å². The molecule has 0 aliphatic carbocycles. The van der Waals surface area contributed by atoms with Crippen molar-refractivity contribution in [3.8, 4) is 0 Å². The van der Waals surface area contributed by atoms with E-state index in [1.807, 2.05) is 4.90 Å². The normalized spacial score (nSPS) is 15.7. The zero-order valence-electron chi connectivity index (χ0n) is 16.8. The Bertz CT molecular complexity index is 1000. The topological polar surface area (TPSA) is 104 Å². The van der Waals surface area contributed by atoms with Gasteiger partial charge in [0.1, 0.15) is 16.5 Å². The fraction of sp³-hybridized carbons (Fsp3) is 0.421. The summed E-state index contributed by atoms with van der Waals surface area (Å²) in [6, 6.07) is 3.06. The number of nitrogens with zero attached hydrogens (tertiary/aromatic N) is 2. The molecule has 2 N–H and O–H groups in total. The second-order valence-corrected chi connectivity index (χ2v) is 9.07. The summed E-state index contributed by atoms with van der Waals surface area (Å²) in [6.45, 7) is 2.96. The quantitative estimate of drug-likeness (QED) is 0.648. The van der Waals surface area contributed by atoms with E-state index >= 15 is 0 Å². The van der Waals surface area contributed by atoms with Crippen molar-refractivity contribution in [1.29, 1.82) is 0 Å². The molecule has 1 aliphatic heterocycles. The number of nitrogens with one attached hydrogen (secondary N) is 2. The number of hydrogen-bond donors (Lipinski definition) is 2. The van der Waals surface area contributed by atoms with E-state index in [0.29, 0.717) is 53.1 Å². The molecule has 1 unspecified atom stereocenters. The maximum absolute atomic E-state index is 12.5. The molecule has 3 heterocycles. The molecular weight excluding hydrogens is 451 g/mol. The number of pyridine rings is 1. The number of amides is 1. The summed E-state index contributed by atoms with van der Waals surface area (Å²) < 4.78 is 16.7. The van der Waals surface area contributed by atoms with Crippen LogP contribution in [0, 0.1) is 6.92 Å². The number of anilines is 1. The molecule has 8 nitrogen and oxygen atoms in total. The van der Waals surface area contributed by atoms with E-state index in [4.69, 9.17) is 27.9 Å². The van der Waals surface area contributed by atoms with Gasteiger partial charge in [0.2, 0.25) is 0 Å². The molecule has 0 saturated carbocycles. The third-order valence-electron chi connectivity index (χ3n) is 4.94. The number of esters is 1. The molecular formula is C19H22Cl2N4O4S. The molecule has 0 aromatic carbocycles. The van der Waals surface area contributed by atoms with Crippen LogP contribution in [0.4, 0.5) is 5.82 Å². The molecule has 1 amide bonds. The summed E-state index contributed by atoms with van der Waals surface area (Å²) in [5.41, 5.74) is 1.20. The lowest BCUT2D eigenvalue weighted by molar-refractivity contribution is 0.0600. The Hall–Kier alpha value is -2.10. The van der Waals surface area contributed by atoms with Gasteiger partial charge in [-0.3, -0.25) is 9.00 Å². The number of aryl methyl sites for hydroxylation is 1. The number of rotatable bonds is 5. The monoisotopic (exact) mass is 472 g/mol. The fourth-order valence-corrected chi connectivity index (χ4v) is 4.21. The zero-order valence-corrected chi connectivity index (χ0v) is 19.1. The Balaban J connectivity index is 1.68. The van der Waals surface area contributed by atoms with Crippen molar-refractivity contribution in [1.82, 2.24) is 15.3 Å². The van der Waals surface area contributed by atoms with Crippen LogP contribution in [0.15, 0.2) is 17.2 Å². The molecule has 0 spiro atoms. The minimum atomic E-state index is -1.34. The van der Waals surface area contributed by atoms with Crippen molar-refractivity contribution in [3.05, 3.63) is 39.1 Å². The fourth-order valence-electron chi connectivity index (χ4n) is 3.27. The summed E-state index contributed by atoms with van der Waals surface area (Å²) in [7, 11) is -0.0442. The van der Waals surface area contributed by atoms with Gasteiger partial charge in [-0.15, -0.1) is 0 Å². The highest BCUT2D eigenvalue weighted by Crippen LogP contribution is 2.29. The number of aromatic nitrogens is 2. The highest BCUT2D eigenvalue weighted by molar-refractivity contribution is 7.84. The molecule has 30 heavy (non-hydrogen) atoms. The van der Waals surface area contributed by atoms with E-state index in [-0.39, 0.29) is 22.7 Å². The van der Waals surface area contributed by atoms with Gasteiger partial charge < -0.3 is 19.9 Å². The number of H-pyrrole nitrogens is 1. The van der Waals surface area contributed by atoms with Gasteiger partial charge in [0.25, 0.3) is 5.91 Å². The first-order chi connectivity index (χ1) is 14.2. The van der Waals surface area contributed by atoms with Gasteiger partial charge in [-0.1, -0.05) is 23.2 Å². The minimum Gasteiger partial charge on any atom is -0.465 e. The van der Waals surface area contributed by atoms with Crippen LogP contribution < -0.4 is 10.2 Å². The molecule has 1 fully saturated rings. The molecule has 162 valence electrons. The van der Waals surface area contributed by atoms with Crippen LogP contribution in [-0.2, 0) is 15.5 Å². The average Bonchev–Trinajstić information content (AvgIpc) is 3.00. The zero-order chi connectivity index (χ0) is 22.0. The summed E-state index contributed by atoms with van der Waals surface area (Å²) in [4.78, 5) is 33.8. The van der Waals surface area contributed by atoms with Crippen LogP contribution in [0.25, 0.3) is 0 Å². The number of piperidine rings is 1. The molecule has 1 aliphatic rings. The number of ether oxygens (including phenoxy) is 1. The van der Waals surface area contributed by atoms with Crippen LogP contribution in [-0.4, -0.2) is 58.6 Å². The highest BCUT2D eigenvalue weighted by Gasteiger charge is 2.25. The third kappa shape index (κ3) is 4.79. The Kier molecular flexibility index (Phi) is 7.05. The van der Waals surface area contributed by atoms with Crippen molar-refractivity contribution < 1.29 is 18.5 Å². The minimum absolute atomic E-state index is 0.0456. The van der Waals surface area contributed by atoms with Crippen molar-refractivity contribution in [2.45, 2.75) is 30.8 Å². The van der Waals surface area contributed by atoms with Crippen molar-refractivity contribution in [2.24, 2.45) is 0 Å². The average molecular weight is 473 g/mol. The number of hydrogen-bond acceptors (Lipinski definition) is 6. The summed E-state index contributed by atoms with van der Waals surface area (Å²) in [5, 5.41) is 3.85. The summed E-state index contributed by atoms with van der Waals surface area (Å²) in [5.74, 6) is -0.255. The molecule has 0 radical (unpaired) electrons. The lowest BCUT2D eigenvalue weighted by Gasteiger charge is -2.33. The van der Waals surface area contributed by atoms with E-state index in [1.54, 1.807) is 13.0 Å². The van der Waals surface area contributed by atoms with Gasteiger partial charge >= 0.3 is 5.97 Å². The third-order valence-corrected chi connectivity index (χ3v) is 6.68. The van der Waals surface area contributed by atoms with Crippen LogP contribution in [0.5, 0.6) is 0 Å². The van der Waals surface area contributed by atoms with Crippen molar-refractivity contribution >= 4 is 51.7 Å². The van der Waals surface area contributed by atoms with Crippen LogP contribution in [0.2, 0.25) is 10.0 Å². The molecule has 1 atom stereocenters. The van der Waals surface area contributed by atoms with E-state index in [0.717, 1.165) is 0 Å². The smallest absolute Gasteiger partial charge is 0.338 e. The number of halogens is 2. The first-order valence-corrected chi connectivity index (χ1v) is 11.6. The Morgan fingerprint density at radius 3 is 2.47 bits per heavy atom. The number of methoxy groups -OCH3 is 1. The van der Waals surface area contributed by atoms with Gasteiger partial charge in [0.05, 0.1) is 33.5 Å². The Morgan fingerprint density at radius 2 is 1.93 bits per heavy atom. The number of carbonyl (C=O) groups is 2. The summed E-state index contributed by atoms with van der Waals surface area (Å²) >= 11 is 12.2. The van der Waals surface area contributed by atoms with Crippen LogP contribution >= 0.6 is 23.2 Å². The number of aromatic amines is 1. The van der Waals surface area contributed by atoms with E-state index < -0.39 is 16.8 Å². The lowest BCUT2D eigenvalue weighted by atomic mass is 10.0. The van der Waals surface area contributed by atoms with Gasteiger partial charge in [-0.25, -0.2) is 9.78 Å². The maximum Gasteiger partial charge on any atom is 0.338 e. The first-order valence-electron chi connectivity index (χ1n) is 9.24. The Labute approximate surface area is 186 Å². The molecule has 2 aromatic heterocycles. The molecule has 3 rings (SSSR count). The van der Waals surface area contributed by atoms with E-state index in [1.165, 1.54) is 19.4 Å². The standard InChI is InChI=1S/C19H22Cl2N4O4S/c1-10-15(20)16(21)17(22-10)18(26)23-12-4-6-25(7-5-12)13-8-11(19(27)29-2)9-14(24-13)30(3)28/h8-9,12,22H,4-7H2,1-3H3,(H,23,26). The predicted molar refractivity (Wildman–Crippen MR) is 116 cm³/mol. The van der Waals surface area contributed by atoms with Crippen LogP contribution in [0.3, 0.4) is 0 Å². The van der Waals surface area contributed by atoms with Gasteiger partial charge in [-0.05, 0) is 31.9 Å². The largest absolute Gasteiger partial charge is 0.465 e. The molecule has 0 bridgehead atoms. The summed E-state index contributed by atoms with van der Waals surface area (Å²) in [6.07, 6.45) is 2.85. The van der Waals surface area contributed by atoms with Gasteiger partial charge in [0.15, 0.2) is 0 Å².